The summed E-state index contributed by atoms with van der Waals surface area (Å²) in [6.07, 6.45) is 4.09. The Morgan fingerprint density at radius 2 is 2.31 bits per heavy atom. The van der Waals surface area contributed by atoms with Crippen LogP contribution >= 0.6 is 11.8 Å². The Balaban J connectivity index is 3.60. The lowest BCUT2D eigenvalue weighted by atomic mass is 10.1. The highest BCUT2D eigenvalue weighted by molar-refractivity contribution is 7.98. The van der Waals surface area contributed by atoms with Crippen LogP contribution in [-0.2, 0) is 4.79 Å². The molecule has 13 heavy (non-hydrogen) atoms. The maximum absolute atomic E-state index is 11.2. The number of hydrogen-bond donors (Lipinski definition) is 2. The van der Waals surface area contributed by atoms with Crippen LogP contribution in [0.5, 0.6) is 0 Å². The summed E-state index contributed by atoms with van der Waals surface area (Å²) in [6.45, 7) is 2.15. The normalized spacial score (nSPS) is 12.5. The van der Waals surface area contributed by atoms with Gasteiger partial charge in [-0.3, -0.25) is 4.79 Å². The Hall–Kier alpha value is -0.220. The third kappa shape index (κ3) is 6.90. The highest BCUT2D eigenvalue weighted by atomic mass is 32.2. The molecule has 0 aliphatic heterocycles. The highest BCUT2D eigenvalue weighted by Crippen LogP contribution is 1.99. The number of thioether (sulfide) groups is 1. The fraction of sp³-hybridized carbons (Fsp3) is 0.889. The molecule has 0 bridgehead atoms. The summed E-state index contributed by atoms with van der Waals surface area (Å²) in [4.78, 5) is 11.2. The first kappa shape index (κ1) is 12.8. The van der Waals surface area contributed by atoms with Crippen LogP contribution in [0.4, 0.5) is 0 Å². The number of aliphatic hydroxyl groups is 1. The van der Waals surface area contributed by atoms with E-state index in [0.29, 0.717) is 12.8 Å². The predicted octanol–water partition coefficient (Wildman–Crippen LogP) is 1.02. The maximum Gasteiger partial charge on any atom is 0.221 e. The van der Waals surface area contributed by atoms with Crippen LogP contribution in [-0.4, -0.2) is 35.7 Å². The van der Waals surface area contributed by atoms with Gasteiger partial charge in [-0.2, -0.15) is 11.8 Å². The number of hydrogen-bond acceptors (Lipinski definition) is 3. The van der Waals surface area contributed by atoms with E-state index >= 15 is 0 Å². The van der Waals surface area contributed by atoms with E-state index in [1.807, 2.05) is 13.2 Å². The molecule has 2 N–H and O–H groups in total. The topological polar surface area (TPSA) is 49.3 Å². The second-order valence-electron chi connectivity index (χ2n) is 2.93. The number of rotatable bonds is 7. The van der Waals surface area contributed by atoms with Crippen molar-refractivity contribution in [3.8, 4) is 0 Å². The van der Waals surface area contributed by atoms with Crippen LogP contribution in [0, 0.1) is 0 Å². The van der Waals surface area contributed by atoms with Crippen LogP contribution in [0.1, 0.15) is 26.2 Å². The maximum atomic E-state index is 11.2. The minimum absolute atomic E-state index is 0.0923. The van der Waals surface area contributed by atoms with Gasteiger partial charge in [0.05, 0.1) is 0 Å². The molecule has 0 aliphatic carbocycles. The SMILES string of the molecule is CCC(CCO)NC(=O)CCSC. The van der Waals surface area contributed by atoms with Crippen LogP contribution in [0.3, 0.4) is 0 Å². The minimum atomic E-state index is 0.0923. The van der Waals surface area contributed by atoms with Gasteiger partial charge in [-0.15, -0.1) is 0 Å². The van der Waals surface area contributed by atoms with Crippen molar-refractivity contribution in [1.29, 1.82) is 0 Å². The predicted molar refractivity (Wildman–Crippen MR) is 56.9 cm³/mol. The Bertz CT molecular complexity index is 142. The van der Waals surface area contributed by atoms with Gasteiger partial charge in [-0.05, 0) is 19.1 Å². The van der Waals surface area contributed by atoms with Crippen molar-refractivity contribution in [2.45, 2.75) is 32.2 Å². The molecule has 0 aromatic rings. The van der Waals surface area contributed by atoms with E-state index < -0.39 is 0 Å². The van der Waals surface area contributed by atoms with Crippen LogP contribution in [0.2, 0.25) is 0 Å². The summed E-state index contributed by atoms with van der Waals surface area (Å²) >= 11 is 1.67. The molecule has 3 nitrogen and oxygen atoms in total. The lowest BCUT2D eigenvalue weighted by Gasteiger charge is -2.15. The lowest BCUT2D eigenvalue weighted by Crippen LogP contribution is -2.35. The number of carbonyl (C=O) groups excluding carboxylic acids is 1. The molecule has 0 radical (unpaired) electrons. The molecule has 0 spiro atoms. The van der Waals surface area contributed by atoms with Crippen molar-refractivity contribution >= 4 is 17.7 Å². The number of carbonyl (C=O) groups is 1. The first-order valence-electron chi connectivity index (χ1n) is 4.63. The number of nitrogens with one attached hydrogen (secondary N) is 1. The molecule has 1 atom stereocenters. The van der Waals surface area contributed by atoms with E-state index in [2.05, 4.69) is 5.32 Å². The van der Waals surface area contributed by atoms with Crippen LogP contribution in [0.15, 0.2) is 0 Å². The molecule has 4 heteroatoms. The van der Waals surface area contributed by atoms with Gasteiger partial charge >= 0.3 is 0 Å². The van der Waals surface area contributed by atoms with Gasteiger partial charge in [0.1, 0.15) is 0 Å². The molecule has 0 saturated heterocycles. The zero-order valence-corrected chi connectivity index (χ0v) is 9.19. The average molecular weight is 205 g/mol. The van der Waals surface area contributed by atoms with E-state index in [9.17, 15) is 4.79 Å². The van der Waals surface area contributed by atoms with Gasteiger partial charge in [0.15, 0.2) is 0 Å². The summed E-state index contributed by atoms with van der Waals surface area (Å²) in [7, 11) is 0. The van der Waals surface area contributed by atoms with E-state index in [-0.39, 0.29) is 18.6 Å². The second-order valence-corrected chi connectivity index (χ2v) is 3.91. The molecule has 1 unspecified atom stereocenters. The fourth-order valence-corrected chi connectivity index (χ4v) is 1.42. The zero-order valence-electron chi connectivity index (χ0n) is 8.38. The largest absolute Gasteiger partial charge is 0.396 e. The van der Waals surface area contributed by atoms with Crippen molar-refractivity contribution in [3.05, 3.63) is 0 Å². The monoisotopic (exact) mass is 205 g/mol. The summed E-state index contributed by atoms with van der Waals surface area (Å²) in [5, 5.41) is 11.6. The summed E-state index contributed by atoms with van der Waals surface area (Å²) in [5.74, 6) is 0.955. The van der Waals surface area contributed by atoms with Crippen molar-refractivity contribution in [3.63, 3.8) is 0 Å². The van der Waals surface area contributed by atoms with Crippen LogP contribution < -0.4 is 5.32 Å². The molecule has 0 rings (SSSR count). The Kier molecular flexibility index (Phi) is 8.24. The molecule has 0 heterocycles. The molecular weight excluding hydrogens is 186 g/mol. The molecule has 1 amide bonds. The van der Waals surface area contributed by atoms with Gasteiger partial charge in [0.25, 0.3) is 0 Å². The smallest absolute Gasteiger partial charge is 0.221 e. The summed E-state index contributed by atoms with van der Waals surface area (Å²) in [6, 6.07) is 0.138. The van der Waals surface area contributed by atoms with Crippen LogP contribution in [0.25, 0.3) is 0 Å². The molecule has 0 aromatic carbocycles. The Morgan fingerprint density at radius 3 is 2.77 bits per heavy atom. The van der Waals surface area contributed by atoms with Crippen molar-refractivity contribution in [2.75, 3.05) is 18.6 Å². The minimum Gasteiger partial charge on any atom is -0.396 e. The molecule has 78 valence electrons. The first-order chi connectivity index (χ1) is 6.24. The number of amides is 1. The number of aliphatic hydroxyl groups excluding tert-OH is 1. The fourth-order valence-electron chi connectivity index (χ4n) is 1.03. The van der Waals surface area contributed by atoms with Crippen molar-refractivity contribution in [1.82, 2.24) is 5.32 Å². The van der Waals surface area contributed by atoms with E-state index in [1.165, 1.54) is 0 Å². The van der Waals surface area contributed by atoms with E-state index in [1.54, 1.807) is 11.8 Å². The van der Waals surface area contributed by atoms with Gasteiger partial charge in [0.2, 0.25) is 5.91 Å². The molecule has 0 fully saturated rings. The van der Waals surface area contributed by atoms with Gasteiger partial charge in [-0.1, -0.05) is 6.92 Å². The lowest BCUT2D eigenvalue weighted by molar-refractivity contribution is -0.121. The standard InChI is InChI=1S/C9H19NO2S/c1-3-8(4-6-11)10-9(12)5-7-13-2/h8,11H,3-7H2,1-2H3,(H,10,12). The van der Waals surface area contributed by atoms with E-state index in [0.717, 1.165) is 12.2 Å². The molecule has 0 aliphatic rings. The quantitative estimate of drug-likeness (QED) is 0.652. The highest BCUT2D eigenvalue weighted by Gasteiger charge is 2.08. The third-order valence-corrected chi connectivity index (χ3v) is 2.48. The van der Waals surface area contributed by atoms with Gasteiger partial charge < -0.3 is 10.4 Å². The average Bonchev–Trinajstić information content (AvgIpc) is 2.14. The molecule has 0 aromatic heterocycles. The zero-order chi connectivity index (χ0) is 10.1. The van der Waals surface area contributed by atoms with E-state index in [4.69, 9.17) is 5.11 Å². The molecular formula is C9H19NO2S. The summed E-state index contributed by atoms with van der Waals surface area (Å²) in [5.41, 5.74) is 0. The van der Waals surface area contributed by atoms with Gasteiger partial charge in [0, 0.05) is 24.8 Å². The Morgan fingerprint density at radius 1 is 1.62 bits per heavy atom. The van der Waals surface area contributed by atoms with Crippen molar-refractivity contribution < 1.29 is 9.90 Å². The Labute approximate surface area is 84.3 Å². The third-order valence-electron chi connectivity index (χ3n) is 1.87. The first-order valence-corrected chi connectivity index (χ1v) is 6.03. The van der Waals surface area contributed by atoms with Crippen molar-refractivity contribution in [2.24, 2.45) is 0 Å². The van der Waals surface area contributed by atoms with Gasteiger partial charge in [-0.25, -0.2) is 0 Å². The molecule has 0 saturated carbocycles. The second kappa shape index (κ2) is 8.38. The summed E-state index contributed by atoms with van der Waals surface area (Å²) < 4.78 is 0.